The number of pyridine rings is 1. The average molecular weight is 549 g/mol. The minimum Gasteiger partial charge on any atom is -0.454 e. The van der Waals surface area contributed by atoms with Gasteiger partial charge in [0.2, 0.25) is 5.13 Å². The van der Waals surface area contributed by atoms with Crippen molar-refractivity contribution in [2.75, 3.05) is 11.0 Å². The SMILES string of the molecule is Cn1nccc1-c1cc(-c2ccccc2F)ncc1Oc1ccc(S(C)(=O)(O)Nc2nccs2)cc1C#N. The summed E-state index contributed by atoms with van der Waals surface area (Å²) in [6.45, 7) is 0. The number of anilines is 1. The first kappa shape index (κ1) is 25.2. The molecule has 0 radical (unpaired) electrons. The molecule has 0 unspecified atom stereocenters. The monoisotopic (exact) mass is 548 g/mol. The van der Waals surface area contributed by atoms with E-state index in [4.69, 9.17) is 4.74 Å². The molecule has 0 fully saturated rings. The number of rotatable bonds is 7. The largest absolute Gasteiger partial charge is 0.454 e. The minimum absolute atomic E-state index is 0.000911. The maximum Gasteiger partial charge on any atom is 0.200 e. The number of ether oxygens (including phenoxy) is 1. The van der Waals surface area contributed by atoms with Gasteiger partial charge in [-0.1, -0.05) is 12.1 Å². The minimum atomic E-state index is -4.58. The summed E-state index contributed by atoms with van der Waals surface area (Å²) in [6, 6.07) is 16.0. The molecular formula is C26H21FN6O3S2. The molecule has 2 aromatic carbocycles. The molecule has 38 heavy (non-hydrogen) atoms. The Kier molecular flexibility index (Phi) is 6.28. The normalized spacial score (nSPS) is 12.3. The third-order valence-corrected chi connectivity index (χ3v) is 8.58. The summed E-state index contributed by atoms with van der Waals surface area (Å²) in [6.07, 6.45) is 5.73. The third kappa shape index (κ3) is 4.90. The van der Waals surface area contributed by atoms with E-state index in [9.17, 15) is 18.4 Å². The van der Waals surface area contributed by atoms with Crippen LogP contribution in [0, 0.1) is 17.1 Å². The number of hydrogen-bond donors (Lipinski definition) is 2. The van der Waals surface area contributed by atoms with E-state index >= 15 is 0 Å². The number of nitrogens with zero attached hydrogens (tertiary/aromatic N) is 5. The van der Waals surface area contributed by atoms with Crippen LogP contribution >= 0.6 is 11.3 Å². The van der Waals surface area contributed by atoms with Gasteiger partial charge in [-0.25, -0.2) is 9.37 Å². The van der Waals surface area contributed by atoms with Crippen LogP contribution in [0.4, 0.5) is 9.52 Å². The van der Waals surface area contributed by atoms with Gasteiger partial charge in [-0.2, -0.15) is 14.6 Å². The maximum absolute atomic E-state index is 14.5. The van der Waals surface area contributed by atoms with Crippen LogP contribution in [0.3, 0.4) is 0 Å². The van der Waals surface area contributed by atoms with Crippen LogP contribution in [0.25, 0.3) is 22.5 Å². The fraction of sp³-hybridized carbons (Fsp3) is 0.0769. The first-order valence-corrected chi connectivity index (χ1v) is 14.4. The molecule has 0 aliphatic heterocycles. The molecule has 192 valence electrons. The summed E-state index contributed by atoms with van der Waals surface area (Å²) in [5.41, 5.74) is 1.99. The van der Waals surface area contributed by atoms with Crippen molar-refractivity contribution in [2.24, 2.45) is 7.05 Å². The van der Waals surface area contributed by atoms with Gasteiger partial charge >= 0.3 is 0 Å². The van der Waals surface area contributed by atoms with Gasteiger partial charge in [0.1, 0.15) is 17.6 Å². The van der Waals surface area contributed by atoms with Gasteiger partial charge in [0.05, 0.1) is 28.0 Å². The van der Waals surface area contributed by atoms with Crippen molar-refractivity contribution in [1.82, 2.24) is 19.7 Å². The van der Waals surface area contributed by atoms with Crippen molar-refractivity contribution in [3.05, 3.63) is 89.9 Å². The van der Waals surface area contributed by atoms with E-state index in [1.165, 1.54) is 48.0 Å². The fourth-order valence-corrected chi connectivity index (χ4v) is 6.34. The van der Waals surface area contributed by atoms with E-state index in [-0.39, 0.29) is 27.1 Å². The third-order valence-electron chi connectivity index (χ3n) is 5.72. The van der Waals surface area contributed by atoms with E-state index in [2.05, 4.69) is 19.8 Å². The molecule has 5 rings (SSSR count). The highest BCUT2D eigenvalue weighted by molar-refractivity contribution is 8.15. The number of benzene rings is 2. The maximum atomic E-state index is 14.5. The second kappa shape index (κ2) is 9.46. The molecule has 3 aromatic heterocycles. The Hall–Kier alpha value is -4.44. The molecule has 0 spiro atoms. The molecular weight excluding hydrogens is 527 g/mol. The number of halogens is 1. The molecule has 12 heteroatoms. The molecule has 9 nitrogen and oxygen atoms in total. The Morgan fingerprint density at radius 3 is 2.61 bits per heavy atom. The second-order valence-corrected chi connectivity index (χ2v) is 12.6. The average Bonchev–Trinajstić information content (AvgIpc) is 3.55. The number of nitrogens with one attached hydrogen (secondary N) is 1. The van der Waals surface area contributed by atoms with Crippen molar-refractivity contribution < 1.29 is 17.9 Å². The van der Waals surface area contributed by atoms with Gasteiger partial charge in [0, 0.05) is 42.2 Å². The highest BCUT2D eigenvalue weighted by Crippen LogP contribution is 2.39. The summed E-state index contributed by atoms with van der Waals surface area (Å²) in [5.74, 6) is 0.0228. The molecule has 2 N–H and O–H groups in total. The molecule has 0 bridgehead atoms. The van der Waals surface area contributed by atoms with Crippen molar-refractivity contribution in [3.63, 3.8) is 0 Å². The molecule has 3 heterocycles. The first-order chi connectivity index (χ1) is 18.1. The predicted octanol–water partition coefficient (Wildman–Crippen LogP) is 5.72. The van der Waals surface area contributed by atoms with Crippen LogP contribution in [-0.2, 0) is 16.6 Å². The zero-order chi connectivity index (χ0) is 26.9. The lowest BCUT2D eigenvalue weighted by molar-refractivity contribution is 0.479. The lowest BCUT2D eigenvalue weighted by atomic mass is 10.1. The Balaban J connectivity index is 1.56. The van der Waals surface area contributed by atoms with Crippen molar-refractivity contribution >= 4 is 26.0 Å². The van der Waals surface area contributed by atoms with E-state index in [1.807, 2.05) is 6.07 Å². The van der Waals surface area contributed by atoms with Crippen molar-refractivity contribution in [2.45, 2.75) is 4.90 Å². The zero-order valence-corrected chi connectivity index (χ0v) is 21.8. The van der Waals surface area contributed by atoms with Crippen LogP contribution < -0.4 is 9.46 Å². The van der Waals surface area contributed by atoms with E-state index in [0.29, 0.717) is 22.5 Å². The number of hydrogen-bond acceptors (Lipinski definition) is 7. The molecule has 5 aromatic rings. The van der Waals surface area contributed by atoms with Gasteiger partial charge in [-0.3, -0.25) is 18.9 Å². The molecule has 0 atom stereocenters. The lowest BCUT2D eigenvalue weighted by Gasteiger charge is -2.39. The van der Waals surface area contributed by atoms with Gasteiger partial charge < -0.3 is 4.74 Å². The van der Waals surface area contributed by atoms with Crippen LogP contribution in [0.15, 0.2) is 83.5 Å². The lowest BCUT2D eigenvalue weighted by Crippen LogP contribution is -2.39. The topological polar surface area (TPSA) is 126 Å². The molecule has 0 aliphatic carbocycles. The molecule has 0 saturated heterocycles. The molecule has 0 saturated carbocycles. The van der Waals surface area contributed by atoms with Crippen LogP contribution in [0.5, 0.6) is 11.5 Å². The summed E-state index contributed by atoms with van der Waals surface area (Å²) in [4.78, 5) is 8.41. The van der Waals surface area contributed by atoms with E-state index < -0.39 is 15.3 Å². The Labute approximate surface area is 221 Å². The van der Waals surface area contributed by atoms with Crippen molar-refractivity contribution in [3.8, 4) is 40.1 Å². The number of nitriles is 1. The van der Waals surface area contributed by atoms with Crippen LogP contribution in [-0.4, -0.2) is 34.8 Å². The smallest absolute Gasteiger partial charge is 0.200 e. The highest BCUT2D eigenvalue weighted by Gasteiger charge is 2.27. The highest BCUT2D eigenvalue weighted by atomic mass is 32.3. The Morgan fingerprint density at radius 2 is 1.92 bits per heavy atom. The molecule has 0 aliphatic rings. The fourth-order valence-electron chi connectivity index (χ4n) is 3.82. The van der Waals surface area contributed by atoms with Gasteiger partial charge in [0.25, 0.3) is 0 Å². The zero-order valence-electron chi connectivity index (χ0n) is 20.2. The van der Waals surface area contributed by atoms with Crippen LogP contribution in [0.2, 0.25) is 0 Å². The van der Waals surface area contributed by atoms with E-state index in [1.54, 1.807) is 53.6 Å². The van der Waals surface area contributed by atoms with Crippen LogP contribution in [0.1, 0.15) is 5.56 Å². The summed E-state index contributed by atoms with van der Waals surface area (Å²) < 4.78 is 49.3. The standard InChI is InChI=1S/C26H21FN6O3S2/c1-33-23(9-10-31-33)20-14-22(19-5-3-4-6-21(19)27)30-16-25(20)36-24-8-7-18(13-17(24)15-28)38(2,34,35)32-26-29-11-12-37-26/h3-14,16H,1-2H3,(H2,29,32,34,35). The number of aromatic nitrogens is 4. The first-order valence-electron chi connectivity index (χ1n) is 11.2. The van der Waals surface area contributed by atoms with Gasteiger partial charge in [-0.05, 0) is 42.5 Å². The number of aryl methyl sites for hydroxylation is 1. The summed E-state index contributed by atoms with van der Waals surface area (Å²) in [5, 5.41) is 16.0. The second-order valence-electron chi connectivity index (χ2n) is 8.48. The predicted molar refractivity (Wildman–Crippen MR) is 144 cm³/mol. The summed E-state index contributed by atoms with van der Waals surface area (Å²) >= 11 is 1.18. The quantitative estimate of drug-likeness (QED) is 0.266. The van der Waals surface area contributed by atoms with Crippen molar-refractivity contribution in [1.29, 1.82) is 5.26 Å². The Bertz CT molecular complexity index is 1760. The van der Waals surface area contributed by atoms with E-state index in [0.717, 1.165) is 6.26 Å². The molecule has 0 amide bonds. The number of thiazole rings is 1. The van der Waals surface area contributed by atoms with Gasteiger partial charge in [-0.15, -0.1) is 20.9 Å². The summed E-state index contributed by atoms with van der Waals surface area (Å²) in [7, 11) is -2.82. The Morgan fingerprint density at radius 1 is 1.11 bits per heavy atom. The van der Waals surface area contributed by atoms with Gasteiger partial charge in [0.15, 0.2) is 5.75 Å².